The number of imidazole rings is 1. The molecular weight excluding hydrogens is 446 g/mol. The molecule has 0 bridgehead atoms. The monoisotopic (exact) mass is 467 g/mol. The molecule has 34 heavy (non-hydrogen) atoms. The third-order valence-corrected chi connectivity index (χ3v) is 6.11. The number of hydrogen-bond donors (Lipinski definition) is 1. The van der Waals surface area contributed by atoms with Crippen LogP contribution in [-0.2, 0) is 12.4 Å². The minimum Gasteiger partial charge on any atom is -0.485 e. The van der Waals surface area contributed by atoms with E-state index in [0.717, 1.165) is 27.6 Å². The van der Waals surface area contributed by atoms with Gasteiger partial charge in [-0.1, -0.05) is 6.07 Å². The van der Waals surface area contributed by atoms with Crippen molar-refractivity contribution in [2.45, 2.75) is 17.3 Å². The van der Waals surface area contributed by atoms with Crippen LogP contribution in [0, 0.1) is 0 Å². The Balaban J connectivity index is 1.20. The number of fused-ring (bicyclic) bond motifs is 1. The molecule has 5 rings (SSSR count). The average Bonchev–Trinajstić information content (AvgIpc) is 3.31. The molecule has 0 aliphatic carbocycles. The van der Waals surface area contributed by atoms with Crippen molar-refractivity contribution in [3.63, 3.8) is 0 Å². The number of carbonyl (C=O) groups is 1. The summed E-state index contributed by atoms with van der Waals surface area (Å²) in [7, 11) is 0. The standard InChI is InChI=1S/C26H21N5O2S/c32-26(30-25-23(4-3-12-28-25)33-17-19-10-13-27-14-11-19)20-6-8-22(9-7-20)34-18-21-16-31-15-2-1-5-24(31)29-21/h1-16H,17-18H2,(H,28,30,32). The molecule has 5 aromatic rings. The minimum absolute atomic E-state index is 0.246. The molecule has 0 saturated carbocycles. The van der Waals surface area contributed by atoms with Gasteiger partial charge in [0, 0.05) is 47.2 Å². The number of nitrogens with zero attached hydrogens (tertiary/aromatic N) is 4. The lowest BCUT2D eigenvalue weighted by atomic mass is 10.2. The highest BCUT2D eigenvalue weighted by Gasteiger charge is 2.12. The maximum absolute atomic E-state index is 12.8. The second-order valence-electron chi connectivity index (χ2n) is 7.46. The van der Waals surface area contributed by atoms with Crippen molar-refractivity contribution in [3.8, 4) is 5.75 Å². The molecular formula is C26H21N5O2S. The normalized spacial score (nSPS) is 10.8. The Kier molecular flexibility index (Phi) is 6.49. The Hall–Kier alpha value is -4.17. The lowest BCUT2D eigenvalue weighted by Crippen LogP contribution is -2.14. The van der Waals surface area contributed by atoms with Crippen LogP contribution in [0.1, 0.15) is 21.6 Å². The van der Waals surface area contributed by atoms with Gasteiger partial charge in [0.25, 0.3) is 5.91 Å². The average molecular weight is 468 g/mol. The summed E-state index contributed by atoms with van der Waals surface area (Å²) in [5, 5.41) is 2.85. The van der Waals surface area contributed by atoms with Gasteiger partial charge in [0.05, 0.1) is 5.69 Å². The van der Waals surface area contributed by atoms with E-state index in [9.17, 15) is 4.79 Å². The molecule has 0 radical (unpaired) electrons. The first kappa shape index (κ1) is 21.7. The molecule has 1 N–H and O–H groups in total. The van der Waals surface area contributed by atoms with E-state index in [1.165, 1.54) is 0 Å². The van der Waals surface area contributed by atoms with Crippen LogP contribution in [0.25, 0.3) is 5.65 Å². The number of thioether (sulfide) groups is 1. The van der Waals surface area contributed by atoms with Crippen molar-refractivity contribution < 1.29 is 9.53 Å². The summed E-state index contributed by atoms with van der Waals surface area (Å²) in [6, 6.07) is 20.7. The number of aromatic nitrogens is 4. The van der Waals surface area contributed by atoms with E-state index in [-0.39, 0.29) is 5.91 Å². The predicted molar refractivity (Wildman–Crippen MR) is 132 cm³/mol. The van der Waals surface area contributed by atoms with Gasteiger partial charge in [0.15, 0.2) is 11.6 Å². The zero-order chi connectivity index (χ0) is 23.2. The Morgan fingerprint density at radius 1 is 0.971 bits per heavy atom. The van der Waals surface area contributed by atoms with Gasteiger partial charge in [0.1, 0.15) is 12.3 Å². The third kappa shape index (κ3) is 5.24. The maximum Gasteiger partial charge on any atom is 0.256 e. The number of nitrogens with one attached hydrogen (secondary N) is 1. The molecule has 8 heteroatoms. The highest BCUT2D eigenvalue weighted by atomic mass is 32.2. The second kappa shape index (κ2) is 10.2. The summed E-state index contributed by atoms with van der Waals surface area (Å²) in [5.74, 6) is 1.39. The maximum atomic E-state index is 12.8. The van der Waals surface area contributed by atoms with Crippen LogP contribution in [0.15, 0.2) is 103 Å². The van der Waals surface area contributed by atoms with Gasteiger partial charge in [0.2, 0.25) is 0 Å². The molecule has 4 heterocycles. The van der Waals surface area contributed by atoms with Crippen LogP contribution in [0.5, 0.6) is 5.75 Å². The van der Waals surface area contributed by atoms with E-state index >= 15 is 0 Å². The van der Waals surface area contributed by atoms with Crippen molar-refractivity contribution in [2.24, 2.45) is 0 Å². The Bertz CT molecular complexity index is 1370. The van der Waals surface area contributed by atoms with Crippen molar-refractivity contribution in [1.82, 2.24) is 19.4 Å². The SMILES string of the molecule is O=C(Nc1ncccc1OCc1ccncc1)c1ccc(SCc2cn3ccccc3n2)cc1. The molecule has 0 fully saturated rings. The smallest absolute Gasteiger partial charge is 0.256 e. The quantitative estimate of drug-likeness (QED) is 0.314. The first-order valence-electron chi connectivity index (χ1n) is 10.7. The summed E-state index contributed by atoms with van der Waals surface area (Å²) in [4.78, 5) is 26.8. The molecule has 0 spiro atoms. The zero-order valence-corrected chi connectivity index (χ0v) is 19.0. The molecule has 0 aliphatic rings. The van der Waals surface area contributed by atoms with E-state index in [0.29, 0.717) is 23.7 Å². The topological polar surface area (TPSA) is 81.4 Å². The fourth-order valence-corrected chi connectivity index (χ4v) is 4.12. The number of carbonyl (C=O) groups excluding carboxylic acids is 1. The number of anilines is 1. The summed E-state index contributed by atoms with van der Waals surface area (Å²) < 4.78 is 7.87. The van der Waals surface area contributed by atoms with Crippen molar-refractivity contribution in [2.75, 3.05) is 5.32 Å². The van der Waals surface area contributed by atoms with Gasteiger partial charge in [-0.3, -0.25) is 9.78 Å². The number of ether oxygens (including phenoxy) is 1. The summed E-state index contributed by atoms with van der Waals surface area (Å²) in [6.45, 7) is 0.356. The molecule has 0 atom stereocenters. The number of pyridine rings is 3. The third-order valence-electron chi connectivity index (χ3n) is 5.06. The molecule has 0 aliphatic heterocycles. The molecule has 0 unspecified atom stereocenters. The van der Waals surface area contributed by atoms with E-state index < -0.39 is 0 Å². The molecule has 168 valence electrons. The highest BCUT2D eigenvalue weighted by molar-refractivity contribution is 7.98. The Morgan fingerprint density at radius 3 is 2.65 bits per heavy atom. The highest BCUT2D eigenvalue weighted by Crippen LogP contribution is 2.25. The van der Waals surface area contributed by atoms with Gasteiger partial charge in [-0.15, -0.1) is 11.8 Å². The Morgan fingerprint density at radius 2 is 1.82 bits per heavy atom. The first-order valence-corrected chi connectivity index (χ1v) is 11.7. The zero-order valence-electron chi connectivity index (χ0n) is 18.2. The van der Waals surface area contributed by atoms with Gasteiger partial charge in [-0.05, 0) is 66.2 Å². The van der Waals surface area contributed by atoms with Gasteiger partial charge in [-0.25, -0.2) is 9.97 Å². The summed E-state index contributed by atoms with van der Waals surface area (Å²) in [5.41, 5.74) is 3.46. The molecule has 1 amide bonds. The minimum atomic E-state index is -0.246. The molecule has 7 nitrogen and oxygen atoms in total. The van der Waals surface area contributed by atoms with Crippen molar-refractivity contribution >= 4 is 29.1 Å². The van der Waals surface area contributed by atoms with Crippen molar-refractivity contribution in [3.05, 3.63) is 115 Å². The molecule has 4 aromatic heterocycles. The van der Waals surface area contributed by atoms with Crippen LogP contribution >= 0.6 is 11.8 Å². The summed E-state index contributed by atoms with van der Waals surface area (Å²) >= 11 is 1.68. The van der Waals surface area contributed by atoms with Crippen LogP contribution < -0.4 is 10.1 Å². The van der Waals surface area contributed by atoms with Crippen LogP contribution in [0.4, 0.5) is 5.82 Å². The number of hydrogen-bond acceptors (Lipinski definition) is 6. The van der Waals surface area contributed by atoms with E-state index in [4.69, 9.17) is 4.74 Å². The largest absolute Gasteiger partial charge is 0.485 e. The van der Waals surface area contributed by atoms with E-state index in [1.807, 2.05) is 71.4 Å². The van der Waals surface area contributed by atoms with E-state index in [1.54, 1.807) is 42.5 Å². The molecule has 1 aromatic carbocycles. The number of amides is 1. The molecule has 0 saturated heterocycles. The second-order valence-corrected chi connectivity index (χ2v) is 8.51. The van der Waals surface area contributed by atoms with Crippen LogP contribution in [0.3, 0.4) is 0 Å². The fraction of sp³-hybridized carbons (Fsp3) is 0.0769. The van der Waals surface area contributed by atoms with E-state index in [2.05, 4.69) is 20.3 Å². The predicted octanol–water partition coefficient (Wildman–Crippen LogP) is 5.25. The first-order chi connectivity index (χ1) is 16.7. The number of benzene rings is 1. The lowest BCUT2D eigenvalue weighted by Gasteiger charge is -2.11. The van der Waals surface area contributed by atoms with Crippen LogP contribution in [-0.4, -0.2) is 25.3 Å². The van der Waals surface area contributed by atoms with Crippen LogP contribution in [0.2, 0.25) is 0 Å². The van der Waals surface area contributed by atoms with Gasteiger partial charge >= 0.3 is 0 Å². The van der Waals surface area contributed by atoms with Gasteiger partial charge in [-0.2, -0.15) is 0 Å². The Labute approximate surface area is 200 Å². The number of rotatable bonds is 8. The lowest BCUT2D eigenvalue weighted by molar-refractivity contribution is 0.102. The summed E-state index contributed by atoms with van der Waals surface area (Å²) in [6.07, 6.45) is 9.06. The van der Waals surface area contributed by atoms with Crippen molar-refractivity contribution in [1.29, 1.82) is 0 Å². The van der Waals surface area contributed by atoms with Gasteiger partial charge < -0.3 is 14.5 Å². The fourth-order valence-electron chi connectivity index (χ4n) is 3.34.